The summed E-state index contributed by atoms with van der Waals surface area (Å²) in [4.78, 5) is 14.4. The highest BCUT2D eigenvalue weighted by Gasteiger charge is 2.18. The van der Waals surface area contributed by atoms with Crippen LogP contribution in [0, 0.1) is 0 Å². The Kier molecular flexibility index (Phi) is 6.83. The predicted molar refractivity (Wildman–Crippen MR) is 100 cm³/mol. The number of anilines is 1. The lowest BCUT2D eigenvalue weighted by Crippen LogP contribution is -2.39. The number of nitrogens with zero attached hydrogens (tertiary/aromatic N) is 1. The van der Waals surface area contributed by atoms with Gasteiger partial charge in [-0.2, -0.15) is 0 Å². The van der Waals surface area contributed by atoms with Gasteiger partial charge in [-0.25, -0.2) is 0 Å². The van der Waals surface area contributed by atoms with Gasteiger partial charge in [0.05, 0.1) is 19.8 Å². The molecule has 0 aliphatic heterocycles. The molecule has 1 amide bonds. The first-order valence-electron chi connectivity index (χ1n) is 8.40. The molecule has 0 unspecified atom stereocenters. The van der Waals surface area contributed by atoms with E-state index in [4.69, 9.17) is 9.47 Å². The summed E-state index contributed by atoms with van der Waals surface area (Å²) in [7, 11) is 3.56. The quantitative estimate of drug-likeness (QED) is 0.797. The van der Waals surface area contributed by atoms with Crippen molar-refractivity contribution >= 4 is 11.6 Å². The maximum absolute atomic E-state index is 12.4. The summed E-state index contributed by atoms with van der Waals surface area (Å²) in [5.41, 5.74) is 1.89. The van der Waals surface area contributed by atoms with Gasteiger partial charge in [-0.1, -0.05) is 12.1 Å². The van der Waals surface area contributed by atoms with Gasteiger partial charge in [-0.05, 0) is 62.9 Å². The fraction of sp³-hybridized carbons (Fsp3) is 0.350. The van der Waals surface area contributed by atoms with Crippen molar-refractivity contribution in [2.75, 3.05) is 26.1 Å². The van der Waals surface area contributed by atoms with Crippen LogP contribution in [0.2, 0.25) is 0 Å². The average Bonchev–Trinajstić information content (AvgIpc) is 2.63. The van der Waals surface area contributed by atoms with Gasteiger partial charge in [0.2, 0.25) is 5.91 Å². The Bertz CT molecular complexity index is 668. The average molecular weight is 342 g/mol. The highest BCUT2D eigenvalue weighted by Crippen LogP contribution is 2.17. The van der Waals surface area contributed by atoms with Crippen LogP contribution in [0.5, 0.6) is 11.5 Å². The Morgan fingerprint density at radius 2 is 1.68 bits per heavy atom. The van der Waals surface area contributed by atoms with E-state index in [-0.39, 0.29) is 11.9 Å². The number of methoxy groups -OCH3 is 1. The maximum Gasteiger partial charge on any atom is 0.241 e. The van der Waals surface area contributed by atoms with Gasteiger partial charge >= 0.3 is 0 Å². The fourth-order valence-electron chi connectivity index (χ4n) is 2.40. The molecule has 2 aromatic carbocycles. The van der Waals surface area contributed by atoms with E-state index in [9.17, 15) is 4.79 Å². The minimum atomic E-state index is -0.256. The number of rotatable bonds is 8. The van der Waals surface area contributed by atoms with Gasteiger partial charge < -0.3 is 14.8 Å². The molecule has 1 atom stereocenters. The van der Waals surface area contributed by atoms with Crippen molar-refractivity contribution in [3.63, 3.8) is 0 Å². The molecule has 0 heterocycles. The van der Waals surface area contributed by atoms with E-state index in [0.29, 0.717) is 13.2 Å². The van der Waals surface area contributed by atoms with E-state index in [0.717, 1.165) is 22.7 Å². The third-order valence-corrected chi connectivity index (χ3v) is 4.06. The molecule has 0 bridgehead atoms. The van der Waals surface area contributed by atoms with Gasteiger partial charge in [0.1, 0.15) is 11.5 Å². The van der Waals surface area contributed by atoms with Gasteiger partial charge in [0, 0.05) is 12.2 Å². The molecular weight excluding hydrogens is 316 g/mol. The van der Waals surface area contributed by atoms with Gasteiger partial charge in [0.15, 0.2) is 0 Å². The Morgan fingerprint density at radius 3 is 2.24 bits per heavy atom. The summed E-state index contributed by atoms with van der Waals surface area (Å²) < 4.78 is 10.6. The van der Waals surface area contributed by atoms with Crippen LogP contribution >= 0.6 is 0 Å². The number of ether oxygens (including phenoxy) is 2. The lowest BCUT2D eigenvalue weighted by Gasteiger charge is -2.24. The van der Waals surface area contributed by atoms with Crippen LogP contribution in [0.3, 0.4) is 0 Å². The predicted octanol–water partition coefficient (Wildman–Crippen LogP) is 3.55. The van der Waals surface area contributed by atoms with Crippen LogP contribution in [-0.2, 0) is 11.3 Å². The van der Waals surface area contributed by atoms with Crippen molar-refractivity contribution in [3.05, 3.63) is 54.1 Å². The second kappa shape index (κ2) is 9.08. The number of hydrogen-bond donors (Lipinski definition) is 1. The number of nitrogens with one attached hydrogen (secondary N) is 1. The number of carbonyl (C=O) groups is 1. The summed E-state index contributed by atoms with van der Waals surface area (Å²) >= 11 is 0. The van der Waals surface area contributed by atoms with E-state index in [1.807, 2.05) is 74.3 Å². The smallest absolute Gasteiger partial charge is 0.241 e. The van der Waals surface area contributed by atoms with Crippen molar-refractivity contribution in [2.24, 2.45) is 0 Å². The van der Waals surface area contributed by atoms with Crippen molar-refractivity contribution < 1.29 is 14.3 Å². The second-order valence-corrected chi connectivity index (χ2v) is 5.89. The molecular formula is C20H26N2O3. The molecule has 1 N–H and O–H groups in total. The Labute approximate surface area is 149 Å². The molecule has 0 aromatic heterocycles. The standard InChI is InChI=1S/C20H26N2O3/c1-5-25-19-10-6-16(7-11-19)14-22(3)15(2)20(23)21-17-8-12-18(24-4)13-9-17/h6-13,15H,5,14H2,1-4H3,(H,21,23)/t15-/m1/s1. The Morgan fingerprint density at radius 1 is 1.08 bits per heavy atom. The first-order valence-corrected chi connectivity index (χ1v) is 8.40. The van der Waals surface area contributed by atoms with Crippen LogP contribution in [0.4, 0.5) is 5.69 Å². The monoisotopic (exact) mass is 342 g/mol. The number of benzene rings is 2. The normalized spacial score (nSPS) is 11.9. The summed E-state index contributed by atoms with van der Waals surface area (Å²) in [6.45, 7) is 5.20. The summed E-state index contributed by atoms with van der Waals surface area (Å²) in [5.74, 6) is 1.58. The van der Waals surface area contributed by atoms with Crippen molar-refractivity contribution in [1.82, 2.24) is 4.90 Å². The molecule has 0 saturated heterocycles. The third kappa shape index (κ3) is 5.50. The van der Waals surface area contributed by atoms with E-state index in [1.165, 1.54) is 0 Å². The zero-order valence-electron chi connectivity index (χ0n) is 15.3. The van der Waals surface area contributed by atoms with Gasteiger partial charge in [0.25, 0.3) is 0 Å². The molecule has 0 fully saturated rings. The molecule has 2 rings (SSSR count). The maximum atomic E-state index is 12.4. The van der Waals surface area contributed by atoms with Gasteiger partial charge in [-0.3, -0.25) is 9.69 Å². The van der Waals surface area contributed by atoms with Crippen LogP contribution in [-0.4, -0.2) is 37.6 Å². The third-order valence-electron chi connectivity index (χ3n) is 4.06. The zero-order chi connectivity index (χ0) is 18.2. The highest BCUT2D eigenvalue weighted by molar-refractivity contribution is 5.94. The Balaban J connectivity index is 1.91. The van der Waals surface area contributed by atoms with E-state index in [1.54, 1.807) is 7.11 Å². The Hall–Kier alpha value is -2.53. The summed E-state index contributed by atoms with van der Waals surface area (Å²) in [6, 6.07) is 15.0. The second-order valence-electron chi connectivity index (χ2n) is 5.89. The molecule has 2 aromatic rings. The lowest BCUT2D eigenvalue weighted by molar-refractivity contribution is -0.120. The van der Waals surface area contributed by atoms with Gasteiger partial charge in [-0.15, -0.1) is 0 Å². The number of amides is 1. The molecule has 25 heavy (non-hydrogen) atoms. The van der Waals surface area contributed by atoms with Crippen molar-refractivity contribution in [2.45, 2.75) is 26.4 Å². The molecule has 5 nitrogen and oxygen atoms in total. The first-order chi connectivity index (χ1) is 12.0. The van der Waals surface area contributed by atoms with Crippen LogP contribution in [0.1, 0.15) is 19.4 Å². The summed E-state index contributed by atoms with van der Waals surface area (Å²) in [6.07, 6.45) is 0. The molecule has 0 aliphatic carbocycles. The first kappa shape index (κ1) is 18.8. The number of likely N-dealkylation sites (N-methyl/N-ethyl adjacent to an activating group) is 1. The van der Waals surface area contributed by atoms with Crippen molar-refractivity contribution in [1.29, 1.82) is 0 Å². The largest absolute Gasteiger partial charge is 0.497 e. The van der Waals surface area contributed by atoms with Crippen molar-refractivity contribution in [3.8, 4) is 11.5 Å². The molecule has 0 spiro atoms. The molecule has 0 saturated carbocycles. The summed E-state index contributed by atoms with van der Waals surface area (Å²) in [5, 5.41) is 2.93. The fourth-order valence-corrected chi connectivity index (χ4v) is 2.40. The minimum absolute atomic E-state index is 0.0430. The number of hydrogen-bond acceptors (Lipinski definition) is 4. The van der Waals surface area contributed by atoms with E-state index >= 15 is 0 Å². The van der Waals surface area contributed by atoms with Crippen LogP contribution in [0.15, 0.2) is 48.5 Å². The van der Waals surface area contributed by atoms with Crippen LogP contribution < -0.4 is 14.8 Å². The van der Waals surface area contributed by atoms with E-state index in [2.05, 4.69) is 5.32 Å². The van der Waals surface area contributed by atoms with Crippen LogP contribution in [0.25, 0.3) is 0 Å². The lowest BCUT2D eigenvalue weighted by atomic mass is 10.1. The van der Waals surface area contributed by atoms with E-state index < -0.39 is 0 Å². The zero-order valence-corrected chi connectivity index (χ0v) is 15.3. The highest BCUT2D eigenvalue weighted by atomic mass is 16.5. The SMILES string of the molecule is CCOc1ccc(CN(C)[C@H](C)C(=O)Nc2ccc(OC)cc2)cc1. The molecule has 0 radical (unpaired) electrons. The molecule has 5 heteroatoms. The number of carbonyl (C=O) groups excluding carboxylic acids is 1. The molecule has 0 aliphatic rings. The molecule has 134 valence electrons. The topological polar surface area (TPSA) is 50.8 Å². The minimum Gasteiger partial charge on any atom is -0.497 e.